The first-order chi connectivity index (χ1) is 16.1. The van der Waals surface area contributed by atoms with E-state index in [2.05, 4.69) is 56.5 Å². The minimum Gasteiger partial charge on any atom is -0.489 e. The molecule has 1 saturated heterocycles. The van der Waals surface area contributed by atoms with Crippen molar-refractivity contribution in [3.05, 3.63) is 64.2 Å². The Morgan fingerprint density at radius 2 is 1.82 bits per heavy atom. The summed E-state index contributed by atoms with van der Waals surface area (Å²) in [6.07, 6.45) is 3.38. The largest absolute Gasteiger partial charge is 0.489 e. The Morgan fingerprint density at radius 1 is 1.15 bits per heavy atom. The molecule has 1 amide bonds. The summed E-state index contributed by atoms with van der Waals surface area (Å²) in [7, 11) is 0. The summed E-state index contributed by atoms with van der Waals surface area (Å²) in [6.45, 7) is 10.7. The van der Waals surface area contributed by atoms with Crippen molar-refractivity contribution in [2.45, 2.75) is 59.1 Å². The van der Waals surface area contributed by atoms with Crippen LogP contribution in [0.5, 0.6) is 5.75 Å². The fourth-order valence-corrected chi connectivity index (χ4v) is 5.99. The van der Waals surface area contributed by atoms with Crippen molar-refractivity contribution < 1.29 is 9.53 Å². The first-order valence-corrected chi connectivity index (χ1v) is 12.5. The predicted molar refractivity (Wildman–Crippen MR) is 135 cm³/mol. The number of ether oxygens (including phenoxy) is 1. The zero-order valence-electron chi connectivity index (χ0n) is 20.5. The molecule has 2 fully saturated rings. The minimum atomic E-state index is -0.282. The molecule has 2 N–H and O–H groups in total. The molecule has 1 heterocycles. The van der Waals surface area contributed by atoms with Gasteiger partial charge in [0.1, 0.15) is 17.9 Å². The highest BCUT2D eigenvalue weighted by Crippen LogP contribution is 2.55. The van der Waals surface area contributed by atoms with Gasteiger partial charge in [0.25, 0.3) is 5.91 Å². The van der Waals surface area contributed by atoms with Gasteiger partial charge in [-0.05, 0) is 68.1 Å². The first-order valence-electron chi connectivity index (χ1n) is 12.1. The maximum absolute atomic E-state index is 13.1. The van der Waals surface area contributed by atoms with Gasteiger partial charge in [0.15, 0.2) is 0 Å². The third-order valence-electron chi connectivity index (χ3n) is 7.59. The quantitative estimate of drug-likeness (QED) is 0.534. The lowest BCUT2D eigenvalue weighted by Gasteiger charge is -2.63. The van der Waals surface area contributed by atoms with E-state index in [0.717, 1.165) is 25.4 Å². The van der Waals surface area contributed by atoms with Crippen molar-refractivity contribution in [2.24, 2.45) is 16.7 Å². The van der Waals surface area contributed by atoms with E-state index in [9.17, 15) is 4.79 Å². The molecule has 5 nitrogen and oxygen atoms in total. The maximum Gasteiger partial charge on any atom is 0.251 e. The molecule has 0 aromatic heterocycles. The molecule has 0 atom stereocenters. The summed E-state index contributed by atoms with van der Waals surface area (Å²) in [6, 6.07) is 15.1. The first kappa shape index (κ1) is 24.6. The van der Waals surface area contributed by atoms with Crippen molar-refractivity contribution in [2.75, 3.05) is 13.1 Å². The van der Waals surface area contributed by atoms with Crippen molar-refractivity contribution in [3.63, 3.8) is 0 Å². The molecule has 2 aromatic rings. The number of aryl methyl sites for hydroxylation is 1. The van der Waals surface area contributed by atoms with Crippen LogP contribution in [0.15, 0.2) is 42.5 Å². The standard InChI is InChI=1S/C28H34ClN3O2/c1-27(2)25(28(3,4)26(27)34-22-13-12-21(15-30)23(29)14-22)32-24(33)20-10-8-18(9-11-20)6-5-7-19-16-31-17-19/h8-14,19,25-26,31H,5-7,16-17H2,1-4H3,(H,32,33)/t25-,26-. The molecule has 0 spiro atoms. The van der Waals surface area contributed by atoms with E-state index in [-0.39, 0.29) is 28.9 Å². The monoisotopic (exact) mass is 479 g/mol. The smallest absolute Gasteiger partial charge is 0.251 e. The van der Waals surface area contributed by atoms with E-state index in [1.165, 1.54) is 18.4 Å². The van der Waals surface area contributed by atoms with Crippen LogP contribution in [0.3, 0.4) is 0 Å². The number of carbonyl (C=O) groups is 1. The normalized spacial score (nSPS) is 22.7. The lowest BCUT2D eigenvalue weighted by Crippen LogP contribution is -2.74. The number of nitrogens with zero attached hydrogens (tertiary/aromatic N) is 1. The number of benzene rings is 2. The zero-order valence-corrected chi connectivity index (χ0v) is 21.2. The fraction of sp³-hybridized carbons (Fsp3) is 0.500. The summed E-state index contributed by atoms with van der Waals surface area (Å²) < 4.78 is 6.31. The van der Waals surface area contributed by atoms with Crippen molar-refractivity contribution in [1.82, 2.24) is 10.6 Å². The molecule has 1 saturated carbocycles. The van der Waals surface area contributed by atoms with Crippen LogP contribution in [-0.4, -0.2) is 31.1 Å². The SMILES string of the molecule is CC1(C)[C@H](NC(=O)c2ccc(CCCC3CNC3)cc2)C(C)(C)[C@H]1Oc1ccc(C#N)c(Cl)c1. The number of amides is 1. The van der Waals surface area contributed by atoms with Crippen molar-refractivity contribution >= 4 is 17.5 Å². The number of carbonyl (C=O) groups excluding carboxylic acids is 1. The number of halogens is 1. The lowest BCUT2D eigenvalue weighted by atomic mass is 9.49. The molecular weight excluding hydrogens is 446 g/mol. The highest BCUT2D eigenvalue weighted by Gasteiger charge is 2.64. The maximum atomic E-state index is 13.1. The summed E-state index contributed by atoms with van der Waals surface area (Å²) in [5.41, 5.74) is 1.82. The molecule has 1 aliphatic heterocycles. The Balaban J connectivity index is 1.36. The van der Waals surface area contributed by atoms with Crippen LogP contribution in [0.4, 0.5) is 0 Å². The molecular formula is C28H34ClN3O2. The van der Waals surface area contributed by atoms with Gasteiger partial charge in [-0.3, -0.25) is 4.79 Å². The van der Waals surface area contributed by atoms with Gasteiger partial charge < -0.3 is 15.4 Å². The van der Waals surface area contributed by atoms with E-state index in [0.29, 0.717) is 21.9 Å². The minimum absolute atomic E-state index is 0.0536. The molecule has 2 aromatic carbocycles. The van der Waals surface area contributed by atoms with Crippen LogP contribution in [0.25, 0.3) is 0 Å². The molecule has 6 heteroatoms. The average molecular weight is 480 g/mol. The molecule has 0 bridgehead atoms. The van der Waals surface area contributed by atoms with Crippen LogP contribution in [0.2, 0.25) is 5.02 Å². The van der Waals surface area contributed by atoms with Crippen LogP contribution >= 0.6 is 11.6 Å². The van der Waals surface area contributed by atoms with Gasteiger partial charge >= 0.3 is 0 Å². The summed E-state index contributed by atoms with van der Waals surface area (Å²) in [4.78, 5) is 13.1. The van der Waals surface area contributed by atoms with Crippen LogP contribution in [-0.2, 0) is 6.42 Å². The molecule has 180 valence electrons. The fourth-order valence-electron chi connectivity index (χ4n) is 5.78. The third kappa shape index (κ3) is 4.80. The molecule has 34 heavy (non-hydrogen) atoms. The number of nitriles is 1. The molecule has 0 unspecified atom stereocenters. The lowest BCUT2D eigenvalue weighted by molar-refractivity contribution is -0.164. The van der Waals surface area contributed by atoms with Crippen molar-refractivity contribution in [3.8, 4) is 11.8 Å². The van der Waals surface area contributed by atoms with Crippen LogP contribution in [0.1, 0.15) is 62.0 Å². The molecule has 2 aliphatic rings. The topological polar surface area (TPSA) is 74.2 Å². The van der Waals surface area contributed by atoms with Gasteiger partial charge in [0.2, 0.25) is 0 Å². The number of hydrogen-bond donors (Lipinski definition) is 2. The van der Waals surface area contributed by atoms with Gasteiger partial charge in [0.05, 0.1) is 10.6 Å². The van der Waals surface area contributed by atoms with Crippen LogP contribution in [0, 0.1) is 28.1 Å². The van der Waals surface area contributed by atoms with Crippen LogP contribution < -0.4 is 15.4 Å². The number of rotatable bonds is 8. The van der Waals surface area contributed by atoms with E-state index in [1.54, 1.807) is 18.2 Å². The van der Waals surface area contributed by atoms with Gasteiger partial charge in [-0.25, -0.2) is 0 Å². The summed E-state index contributed by atoms with van der Waals surface area (Å²) in [5, 5.41) is 16.0. The summed E-state index contributed by atoms with van der Waals surface area (Å²) >= 11 is 6.18. The molecule has 4 rings (SSSR count). The van der Waals surface area contributed by atoms with Gasteiger partial charge in [-0.15, -0.1) is 0 Å². The van der Waals surface area contributed by atoms with E-state index >= 15 is 0 Å². The second kappa shape index (κ2) is 9.60. The highest BCUT2D eigenvalue weighted by molar-refractivity contribution is 6.31. The average Bonchev–Trinajstić information content (AvgIpc) is 2.77. The Hall–Kier alpha value is -2.55. The van der Waals surface area contributed by atoms with E-state index in [4.69, 9.17) is 21.6 Å². The van der Waals surface area contributed by atoms with E-state index < -0.39 is 0 Å². The second-order valence-corrected chi connectivity index (χ2v) is 11.3. The molecule has 1 aliphatic carbocycles. The van der Waals surface area contributed by atoms with Gasteiger partial charge in [-0.2, -0.15) is 5.26 Å². The Labute approximate surface area is 207 Å². The van der Waals surface area contributed by atoms with Gasteiger partial charge in [0, 0.05) is 28.5 Å². The number of hydrogen-bond acceptors (Lipinski definition) is 4. The third-order valence-corrected chi connectivity index (χ3v) is 7.90. The molecule has 0 radical (unpaired) electrons. The Bertz CT molecular complexity index is 1070. The highest BCUT2D eigenvalue weighted by atomic mass is 35.5. The van der Waals surface area contributed by atoms with Crippen molar-refractivity contribution in [1.29, 1.82) is 5.26 Å². The summed E-state index contributed by atoms with van der Waals surface area (Å²) in [5.74, 6) is 1.41. The van der Waals surface area contributed by atoms with E-state index in [1.807, 2.05) is 12.1 Å². The predicted octanol–water partition coefficient (Wildman–Crippen LogP) is 5.37. The zero-order chi connectivity index (χ0) is 24.5. The Kier molecular flexibility index (Phi) is 6.94. The second-order valence-electron chi connectivity index (χ2n) is 10.9. The van der Waals surface area contributed by atoms with Gasteiger partial charge in [-0.1, -0.05) is 51.4 Å². The Morgan fingerprint density at radius 3 is 2.38 bits per heavy atom. The number of nitrogens with one attached hydrogen (secondary N) is 2.